The van der Waals surface area contributed by atoms with Crippen LogP contribution in [0, 0.1) is 20.8 Å². The van der Waals surface area contributed by atoms with Crippen LogP contribution in [0.1, 0.15) is 35.1 Å². The Morgan fingerprint density at radius 1 is 1.15 bits per heavy atom. The van der Waals surface area contributed by atoms with Crippen LogP contribution in [-0.2, 0) is 14.5 Å². The standard InChI is InChI=1S/C22H24N2O2S/c1-14-7-9-17(10-8-14)22-12-11-20(25)24(22)19(13-27-22)21(26)23-18-6-4-5-15(2)16(18)3/h4-10,19H,11-13H2,1-3H3,(H,23,26)/t19-,22-/m0/s1. The quantitative estimate of drug-likeness (QED) is 0.871. The number of nitrogens with one attached hydrogen (secondary N) is 1. The molecule has 0 saturated carbocycles. The first-order chi connectivity index (χ1) is 12.9. The van der Waals surface area contributed by atoms with Crippen LogP contribution in [0.5, 0.6) is 0 Å². The first-order valence-corrected chi connectivity index (χ1v) is 10.3. The lowest BCUT2D eigenvalue weighted by molar-refractivity contribution is -0.136. The molecule has 0 bridgehead atoms. The Morgan fingerprint density at radius 3 is 2.63 bits per heavy atom. The minimum atomic E-state index is -0.439. The molecule has 2 aliphatic heterocycles. The highest BCUT2D eigenvalue weighted by Crippen LogP contribution is 2.54. The summed E-state index contributed by atoms with van der Waals surface area (Å²) in [5.74, 6) is 0.596. The van der Waals surface area contributed by atoms with Crippen molar-refractivity contribution in [2.45, 2.75) is 44.5 Å². The minimum Gasteiger partial charge on any atom is -0.324 e. The molecule has 2 heterocycles. The average Bonchev–Trinajstić information content (AvgIpc) is 3.19. The van der Waals surface area contributed by atoms with E-state index in [1.165, 1.54) is 5.56 Å². The third-order valence-electron chi connectivity index (χ3n) is 5.80. The highest BCUT2D eigenvalue weighted by Gasteiger charge is 2.56. The molecule has 140 valence electrons. The number of nitrogens with zero attached hydrogens (tertiary/aromatic N) is 1. The third-order valence-corrected chi connectivity index (χ3v) is 7.39. The molecule has 5 heteroatoms. The van der Waals surface area contributed by atoms with Gasteiger partial charge in [0.15, 0.2) is 0 Å². The van der Waals surface area contributed by atoms with E-state index in [0.29, 0.717) is 12.2 Å². The minimum absolute atomic E-state index is 0.0710. The molecule has 0 radical (unpaired) electrons. The van der Waals surface area contributed by atoms with Crippen LogP contribution >= 0.6 is 11.8 Å². The summed E-state index contributed by atoms with van der Waals surface area (Å²) >= 11 is 1.72. The van der Waals surface area contributed by atoms with Crippen molar-refractivity contribution in [1.82, 2.24) is 4.90 Å². The lowest BCUT2D eigenvalue weighted by Gasteiger charge is -2.34. The number of benzene rings is 2. The topological polar surface area (TPSA) is 49.4 Å². The van der Waals surface area contributed by atoms with Crippen LogP contribution in [0.4, 0.5) is 5.69 Å². The summed E-state index contributed by atoms with van der Waals surface area (Å²) in [5, 5.41) is 3.06. The van der Waals surface area contributed by atoms with Crippen molar-refractivity contribution in [2.24, 2.45) is 0 Å². The predicted molar refractivity (Wildman–Crippen MR) is 110 cm³/mol. The Morgan fingerprint density at radius 2 is 1.89 bits per heavy atom. The van der Waals surface area contributed by atoms with Gasteiger partial charge in [-0.05, 0) is 49.9 Å². The molecule has 2 fully saturated rings. The molecule has 0 aliphatic carbocycles. The van der Waals surface area contributed by atoms with Gasteiger partial charge in [-0.25, -0.2) is 0 Å². The number of anilines is 1. The zero-order valence-corrected chi connectivity index (χ0v) is 16.7. The normalized spacial score (nSPS) is 24.2. The van der Waals surface area contributed by atoms with E-state index in [1.54, 1.807) is 11.8 Å². The third kappa shape index (κ3) is 2.94. The Kier molecular flexibility index (Phi) is 4.50. The van der Waals surface area contributed by atoms with Crippen molar-refractivity contribution in [3.8, 4) is 0 Å². The first-order valence-electron chi connectivity index (χ1n) is 9.33. The van der Waals surface area contributed by atoms with Crippen molar-refractivity contribution >= 4 is 29.3 Å². The fourth-order valence-electron chi connectivity index (χ4n) is 4.05. The molecule has 2 aliphatic rings. The van der Waals surface area contributed by atoms with Crippen molar-refractivity contribution in [3.63, 3.8) is 0 Å². The van der Waals surface area contributed by atoms with Crippen LogP contribution in [0.3, 0.4) is 0 Å². The Labute approximate surface area is 164 Å². The van der Waals surface area contributed by atoms with E-state index in [2.05, 4.69) is 36.5 Å². The van der Waals surface area contributed by atoms with E-state index in [1.807, 2.05) is 36.9 Å². The number of carbonyl (C=O) groups excluding carboxylic acids is 2. The second kappa shape index (κ2) is 6.71. The van der Waals surface area contributed by atoms with Crippen LogP contribution in [-0.4, -0.2) is 28.5 Å². The fraction of sp³-hybridized carbons (Fsp3) is 0.364. The van der Waals surface area contributed by atoms with Gasteiger partial charge < -0.3 is 10.2 Å². The highest BCUT2D eigenvalue weighted by atomic mass is 32.2. The van der Waals surface area contributed by atoms with E-state index in [0.717, 1.165) is 28.8 Å². The van der Waals surface area contributed by atoms with Crippen molar-refractivity contribution < 1.29 is 9.59 Å². The van der Waals surface area contributed by atoms with Crippen LogP contribution in [0.15, 0.2) is 42.5 Å². The number of thioether (sulfide) groups is 1. The van der Waals surface area contributed by atoms with Crippen molar-refractivity contribution in [1.29, 1.82) is 0 Å². The summed E-state index contributed by atoms with van der Waals surface area (Å²) in [6, 6.07) is 13.8. The molecule has 4 nitrogen and oxygen atoms in total. The summed E-state index contributed by atoms with van der Waals surface area (Å²) in [5.41, 5.74) is 5.34. The first kappa shape index (κ1) is 18.1. The lowest BCUT2D eigenvalue weighted by Crippen LogP contribution is -2.48. The molecule has 0 spiro atoms. The predicted octanol–water partition coefficient (Wildman–Crippen LogP) is 4.14. The van der Waals surface area contributed by atoms with E-state index in [9.17, 15) is 9.59 Å². The number of aryl methyl sites for hydroxylation is 2. The second-order valence-electron chi connectivity index (χ2n) is 7.48. The van der Waals surface area contributed by atoms with Crippen molar-refractivity contribution in [2.75, 3.05) is 11.1 Å². The number of hydrogen-bond donors (Lipinski definition) is 1. The molecule has 2 aromatic rings. The van der Waals surface area contributed by atoms with Gasteiger partial charge in [-0.15, -0.1) is 11.8 Å². The summed E-state index contributed by atoms with van der Waals surface area (Å²) in [6.45, 7) is 6.09. The van der Waals surface area contributed by atoms with Gasteiger partial charge in [-0.3, -0.25) is 9.59 Å². The van der Waals surface area contributed by atoms with E-state index in [-0.39, 0.29) is 11.8 Å². The molecule has 2 atom stereocenters. The van der Waals surface area contributed by atoms with Crippen LogP contribution in [0.2, 0.25) is 0 Å². The van der Waals surface area contributed by atoms with Gasteiger partial charge in [0, 0.05) is 17.9 Å². The smallest absolute Gasteiger partial charge is 0.248 e. The van der Waals surface area contributed by atoms with Gasteiger partial charge in [0.25, 0.3) is 0 Å². The van der Waals surface area contributed by atoms with Gasteiger partial charge in [0.2, 0.25) is 11.8 Å². The van der Waals surface area contributed by atoms with E-state index in [4.69, 9.17) is 0 Å². The molecule has 2 aromatic carbocycles. The van der Waals surface area contributed by atoms with Gasteiger partial charge in [0.05, 0.1) is 0 Å². The summed E-state index contributed by atoms with van der Waals surface area (Å²) in [4.78, 5) is 27.2. The number of rotatable bonds is 3. The second-order valence-corrected chi connectivity index (χ2v) is 8.78. The van der Waals surface area contributed by atoms with Crippen LogP contribution in [0.25, 0.3) is 0 Å². The maximum Gasteiger partial charge on any atom is 0.248 e. The van der Waals surface area contributed by atoms with Gasteiger partial charge in [-0.1, -0.05) is 42.0 Å². The van der Waals surface area contributed by atoms with Gasteiger partial charge in [-0.2, -0.15) is 0 Å². The molecular formula is C22H24N2O2S. The van der Waals surface area contributed by atoms with Crippen molar-refractivity contribution in [3.05, 3.63) is 64.7 Å². The molecule has 4 rings (SSSR count). The SMILES string of the molecule is Cc1ccc([C@@]23CCC(=O)N2[C@H](C(=O)Nc2cccc(C)c2C)CS3)cc1. The molecule has 2 saturated heterocycles. The van der Waals surface area contributed by atoms with Gasteiger partial charge in [0.1, 0.15) is 10.9 Å². The maximum atomic E-state index is 13.1. The largest absolute Gasteiger partial charge is 0.324 e. The molecule has 2 amide bonds. The summed E-state index contributed by atoms with van der Waals surface area (Å²) < 4.78 is 0. The van der Waals surface area contributed by atoms with Gasteiger partial charge >= 0.3 is 0 Å². The summed E-state index contributed by atoms with van der Waals surface area (Å²) in [7, 11) is 0. The molecule has 1 N–H and O–H groups in total. The molecule has 0 unspecified atom stereocenters. The monoisotopic (exact) mass is 380 g/mol. The molecular weight excluding hydrogens is 356 g/mol. The number of amides is 2. The fourth-order valence-corrected chi connectivity index (χ4v) is 5.70. The van der Waals surface area contributed by atoms with E-state index < -0.39 is 10.9 Å². The molecule has 0 aromatic heterocycles. The average molecular weight is 381 g/mol. The highest BCUT2D eigenvalue weighted by molar-refractivity contribution is 8.00. The zero-order valence-electron chi connectivity index (χ0n) is 15.9. The van der Waals surface area contributed by atoms with E-state index >= 15 is 0 Å². The maximum absolute atomic E-state index is 13.1. The number of carbonyl (C=O) groups is 2. The van der Waals surface area contributed by atoms with Crippen LogP contribution < -0.4 is 5.32 Å². The molecule has 27 heavy (non-hydrogen) atoms. The Bertz CT molecular complexity index is 909. The number of fused-ring (bicyclic) bond motifs is 1. The zero-order chi connectivity index (χ0) is 19.2. The Hall–Kier alpha value is -2.27. The number of hydrogen-bond acceptors (Lipinski definition) is 3. The lowest BCUT2D eigenvalue weighted by atomic mass is 10.0. The summed E-state index contributed by atoms with van der Waals surface area (Å²) in [6.07, 6.45) is 1.25. The Balaban J connectivity index is 1.63.